The van der Waals surface area contributed by atoms with Crippen LogP contribution >= 0.6 is 0 Å². The number of aromatic amines is 1. The lowest BCUT2D eigenvalue weighted by molar-refractivity contribution is -0.0561. The Labute approximate surface area is 135 Å². The molecule has 0 aliphatic heterocycles. The maximum atomic E-state index is 11.9. The van der Waals surface area contributed by atoms with Gasteiger partial charge in [0.1, 0.15) is 12.3 Å². The van der Waals surface area contributed by atoms with Crippen molar-refractivity contribution in [1.82, 2.24) is 9.55 Å². The van der Waals surface area contributed by atoms with E-state index in [-0.39, 0.29) is 18.8 Å². The molecule has 23 heavy (non-hydrogen) atoms. The number of rotatable bonds is 9. The number of hydrogen-bond acceptors (Lipinski definition) is 6. The molecule has 0 aliphatic carbocycles. The monoisotopic (exact) mass is 346 g/mol. The summed E-state index contributed by atoms with van der Waals surface area (Å²) in [5.74, 6) is 0. The Balaban J connectivity index is 2.93. The molecule has 1 heterocycles. The fourth-order valence-corrected chi connectivity index (χ4v) is 2.65. The van der Waals surface area contributed by atoms with Crippen molar-refractivity contribution in [3.8, 4) is 0 Å². The standard InChI is InChI=1S/C14H26N2O6Si/c1-23(2,3)5-4-22-10-16-11(6-12(19)15-13(16)20)7-14(21,8-17)9-18/h6,17-18,21H,4-5,7-10H2,1-3H3,(H,15,19,20). The predicted octanol–water partition coefficient (Wildman–Crippen LogP) is -0.893. The van der Waals surface area contributed by atoms with Crippen molar-refractivity contribution in [2.75, 3.05) is 19.8 Å². The molecule has 0 fully saturated rings. The summed E-state index contributed by atoms with van der Waals surface area (Å²) in [6.45, 7) is 5.65. The molecule has 0 radical (unpaired) electrons. The highest BCUT2D eigenvalue weighted by atomic mass is 28.3. The lowest BCUT2D eigenvalue weighted by atomic mass is 9.99. The molecular weight excluding hydrogens is 320 g/mol. The van der Waals surface area contributed by atoms with Crippen LogP contribution in [0.2, 0.25) is 25.7 Å². The SMILES string of the molecule is C[Si](C)(C)CCOCn1c(CC(O)(CO)CO)cc(=O)[nH]c1=O. The first-order valence-corrected chi connectivity index (χ1v) is 11.2. The molecule has 9 heteroatoms. The minimum Gasteiger partial charge on any atom is -0.393 e. The largest absolute Gasteiger partial charge is 0.393 e. The van der Waals surface area contributed by atoms with Crippen LogP contribution in [0.4, 0.5) is 0 Å². The molecule has 0 aliphatic rings. The molecule has 8 nitrogen and oxygen atoms in total. The molecule has 132 valence electrons. The summed E-state index contributed by atoms with van der Waals surface area (Å²) in [4.78, 5) is 25.6. The normalized spacial score (nSPS) is 12.6. The molecule has 1 rings (SSSR count). The van der Waals surface area contributed by atoms with Crippen molar-refractivity contribution in [1.29, 1.82) is 0 Å². The van der Waals surface area contributed by atoms with Crippen LogP contribution in [-0.2, 0) is 17.9 Å². The molecule has 4 N–H and O–H groups in total. The topological polar surface area (TPSA) is 125 Å². The minimum absolute atomic E-state index is 0.0671. The Morgan fingerprint density at radius 2 is 1.87 bits per heavy atom. The van der Waals surface area contributed by atoms with E-state index in [9.17, 15) is 14.7 Å². The van der Waals surface area contributed by atoms with E-state index in [4.69, 9.17) is 14.9 Å². The highest BCUT2D eigenvalue weighted by Gasteiger charge is 2.27. The van der Waals surface area contributed by atoms with Gasteiger partial charge in [0.15, 0.2) is 0 Å². The van der Waals surface area contributed by atoms with Gasteiger partial charge >= 0.3 is 5.69 Å². The summed E-state index contributed by atoms with van der Waals surface area (Å²) < 4.78 is 6.69. The Morgan fingerprint density at radius 1 is 1.26 bits per heavy atom. The fourth-order valence-electron chi connectivity index (χ4n) is 1.89. The van der Waals surface area contributed by atoms with E-state index in [0.717, 1.165) is 12.1 Å². The summed E-state index contributed by atoms with van der Waals surface area (Å²) in [7, 11) is -1.26. The van der Waals surface area contributed by atoms with Crippen molar-refractivity contribution in [2.24, 2.45) is 0 Å². The van der Waals surface area contributed by atoms with Gasteiger partial charge in [0.05, 0.1) is 13.2 Å². The number of aliphatic hydroxyl groups is 3. The Bertz CT molecular complexity index is 615. The molecule has 1 aromatic heterocycles. The van der Waals surface area contributed by atoms with Crippen molar-refractivity contribution in [3.63, 3.8) is 0 Å². The lowest BCUT2D eigenvalue weighted by Crippen LogP contribution is -2.43. The third-order valence-electron chi connectivity index (χ3n) is 3.44. The van der Waals surface area contributed by atoms with E-state index in [1.807, 2.05) is 0 Å². The van der Waals surface area contributed by atoms with Crippen molar-refractivity contribution >= 4 is 8.07 Å². The Hall–Kier alpha value is -1.26. The molecule has 0 atom stereocenters. The summed E-state index contributed by atoms with van der Waals surface area (Å²) >= 11 is 0. The van der Waals surface area contributed by atoms with Crippen LogP contribution in [0, 0.1) is 0 Å². The molecule has 0 saturated heterocycles. The minimum atomic E-state index is -1.81. The van der Waals surface area contributed by atoms with Gasteiger partial charge in [-0.05, 0) is 6.04 Å². The van der Waals surface area contributed by atoms with Crippen LogP contribution in [-0.4, -0.2) is 58.4 Å². The zero-order valence-electron chi connectivity index (χ0n) is 13.8. The average Bonchev–Trinajstić information content (AvgIpc) is 2.44. The molecule has 0 aromatic carbocycles. The van der Waals surface area contributed by atoms with Crippen molar-refractivity contribution in [3.05, 3.63) is 32.6 Å². The van der Waals surface area contributed by atoms with Gasteiger partial charge in [-0.2, -0.15) is 0 Å². The number of aliphatic hydroxyl groups excluding tert-OH is 2. The van der Waals surface area contributed by atoms with E-state index in [1.165, 1.54) is 4.57 Å². The maximum absolute atomic E-state index is 11.9. The number of hydrogen-bond donors (Lipinski definition) is 4. The molecule has 0 bridgehead atoms. The van der Waals surface area contributed by atoms with Crippen LogP contribution in [0.5, 0.6) is 0 Å². The number of nitrogens with zero attached hydrogens (tertiary/aromatic N) is 1. The summed E-state index contributed by atoms with van der Waals surface area (Å²) in [5.41, 5.74) is -2.88. The average molecular weight is 346 g/mol. The third-order valence-corrected chi connectivity index (χ3v) is 5.14. The Morgan fingerprint density at radius 3 is 2.39 bits per heavy atom. The highest BCUT2D eigenvalue weighted by molar-refractivity contribution is 6.76. The van der Waals surface area contributed by atoms with Crippen LogP contribution in [0.25, 0.3) is 0 Å². The van der Waals surface area contributed by atoms with Crippen LogP contribution in [0.3, 0.4) is 0 Å². The molecule has 1 aromatic rings. The second-order valence-corrected chi connectivity index (χ2v) is 12.5. The van der Waals surface area contributed by atoms with Gasteiger partial charge in [0.25, 0.3) is 5.56 Å². The smallest absolute Gasteiger partial charge is 0.330 e. The first-order valence-electron chi connectivity index (χ1n) is 7.45. The Kier molecular flexibility index (Phi) is 6.90. The fraction of sp³-hybridized carbons (Fsp3) is 0.714. The van der Waals surface area contributed by atoms with E-state index >= 15 is 0 Å². The molecule has 0 amide bonds. The second kappa shape index (κ2) is 8.02. The van der Waals surface area contributed by atoms with Gasteiger partial charge < -0.3 is 20.1 Å². The number of H-pyrrole nitrogens is 1. The van der Waals surface area contributed by atoms with Crippen molar-refractivity contribution < 1.29 is 20.1 Å². The maximum Gasteiger partial charge on any atom is 0.330 e. The highest BCUT2D eigenvalue weighted by Crippen LogP contribution is 2.11. The number of nitrogens with one attached hydrogen (secondary N) is 1. The molecular formula is C14H26N2O6Si. The summed E-state index contributed by atoms with van der Waals surface area (Å²) in [6, 6.07) is 2.08. The van der Waals surface area contributed by atoms with Gasteiger partial charge in [-0.15, -0.1) is 0 Å². The zero-order chi connectivity index (χ0) is 17.7. The predicted molar refractivity (Wildman–Crippen MR) is 88.3 cm³/mol. The second-order valence-electron chi connectivity index (χ2n) is 6.92. The summed E-state index contributed by atoms with van der Waals surface area (Å²) in [6.07, 6.45) is -0.240. The van der Waals surface area contributed by atoms with E-state index in [0.29, 0.717) is 6.61 Å². The zero-order valence-corrected chi connectivity index (χ0v) is 14.8. The van der Waals surface area contributed by atoms with Gasteiger partial charge in [0, 0.05) is 32.9 Å². The number of ether oxygens (including phenoxy) is 1. The van der Waals surface area contributed by atoms with Crippen LogP contribution in [0.15, 0.2) is 15.7 Å². The quantitative estimate of drug-likeness (QED) is 0.339. The number of aromatic nitrogens is 2. The van der Waals surface area contributed by atoms with E-state index in [2.05, 4.69) is 24.6 Å². The van der Waals surface area contributed by atoms with Gasteiger partial charge in [-0.25, -0.2) is 4.79 Å². The van der Waals surface area contributed by atoms with Crippen LogP contribution < -0.4 is 11.2 Å². The van der Waals surface area contributed by atoms with Gasteiger partial charge in [-0.1, -0.05) is 19.6 Å². The van der Waals surface area contributed by atoms with Gasteiger partial charge in [0.2, 0.25) is 0 Å². The first-order chi connectivity index (χ1) is 10.6. The van der Waals surface area contributed by atoms with Gasteiger partial charge in [-0.3, -0.25) is 14.3 Å². The lowest BCUT2D eigenvalue weighted by Gasteiger charge is -2.24. The van der Waals surface area contributed by atoms with E-state index < -0.39 is 38.1 Å². The molecule has 0 unspecified atom stereocenters. The third kappa shape index (κ3) is 6.40. The van der Waals surface area contributed by atoms with Crippen LogP contribution in [0.1, 0.15) is 5.69 Å². The van der Waals surface area contributed by atoms with Crippen molar-refractivity contribution in [2.45, 2.75) is 44.4 Å². The van der Waals surface area contributed by atoms with E-state index in [1.54, 1.807) is 0 Å². The summed E-state index contributed by atoms with van der Waals surface area (Å²) in [5, 5.41) is 28.3. The molecule has 0 spiro atoms. The molecule has 0 saturated carbocycles. The first kappa shape index (κ1) is 19.8.